The first kappa shape index (κ1) is 22.5. The number of hydrogen-bond donors (Lipinski definition) is 3. The van der Waals surface area contributed by atoms with E-state index in [4.69, 9.17) is 20.4 Å². The van der Waals surface area contributed by atoms with Crippen LogP contribution in [0.15, 0.2) is 48.5 Å². The molecule has 2 amide bonds. The molecule has 1 saturated heterocycles. The largest absolute Gasteiger partial charge is 0.399 e. The van der Waals surface area contributed by atoms with Gasteiger partial charge in [0.25, 0.3) is 0 Å². The molecule has 4 aromatic rings. The minimum atomic E-state index is -0.346. The Morgan fingerprint density at radius 1 is 0.971 bits per heavy atom. The predicted molar refractivity (Wildman–Crippen MR) is 135 cm³/mol. The molecule has 0 spiro atoms. The highest BCUT2D eigenvalue weighted by atomic mass is 16.5. The number of carbonyl (C=O) groups is 1. The van der Waals surface area contributed by atoms with E-state index in [9.17, 15) is 4.79 Å². The fourth-order valence-corrected chi connectivity index (χ4v) is 3.85. The van der Waals surface area contributed by atoms with E-state index >= 15 is 0 Å². The van der Waals surface area contributed by atoms with E-state index in [0.717, 1.165) is 24.5 Å². The summed E-state index contributed by atoms with van der Waals surface area (Å²) in [6, 6.07) is 14.1. The molecule has 1 fully saturated rings. The van der Waals surface area contributed by atoms with Crippen LogP contribution in [0.3, 0.4) is 0 Å². The fourth-order valence-electron chi connectivity index (χ4n) is 3.85. The van der Waals surface area contributed by atoms with Crippen LogP contribution in [0.1, 0.15) is 19.9 Å². The molecule has 2 aromatic heterocycles. The highest BCUT2D eigenvalue weighted by molar-refractivity contribution is 6.00. The zero-order valence-corrected chi connectivity index (χ0v) is 19.6. The van der Waals surface area contributed by atoms with Gasteiger partial charge in [-0.3, -0.25) is 0 Å². The Balaban J connectivity index is 1.40. The number of nitrogens with two attached hydrogens (primary N) is 1. The van der Waals surface area contributed by atoms with Gasteiger partial charge < -0.3 is 26.0 Å². The van der Waals surface area contributed by atoms with Gasteiger partial charge >= 0.3 is 6.03 Å². The number of nitrogens with one attached hydrogen (secondary N) is 2. The van der Waals surface area contributed by atoms with Crippen molar-refractivity contribution in [1.29, 1.82) is 0 Å². The number of rotatable bonds is 5. The van der Waals surface area contributed by atoms with Crippen LogP contribution in [0.2, 0.25) is 0 Å². The van der Waals surface area contributed by atoms with Gasteiger partial charge in [-0.1, -0.05) is 5.21 Å². The van der Waals surface area contributed by atoms with Crippen LogP contribution in [-0.2, 0) is 4.74 Å². The lowest BCUT2D eigenvalue weighted by Crippen LogP contribution is -2.37. The third-order valence-electron chi connectivity index (χ3n) is 5.67. The minimum Gasteiger partial charge on any atom is -0.399 e. The first-order valence-corrected chi connectivity index (χ1v) is 11.5. The summed E-state index contributed by atoms with van der Waals surface area (Å²) in [4.78, 5) is 24.2. The number of nitrogen functional groups attached to an aromatic ring is 1. The van der Waals surface area contributed by atoms with E-state index in [1.807, 2.05) is 42.8 Å². The van der Waals surface area contributed by atoms with Gasteiger partial charge in [0.15, 0.2) is 22.8 Å². The average molecular weight is 474 g/mol. The lowest BCUT2D eigenvalue weighted by Gasteiger charge is -2.28. The van der Waals surface area contributed by atoms with Crippen molar-refractivity contribution in [2.45, 2.75) is 19.9 Å². The first-order chi connectivity index (χ1) is 17.0. The van der Waals surface area contributed by atoms with Gasteiger partial charge in [0.2, 0.25) is 0 Å². The van der Waals surface area contributed by atoms with E-state index in [0.29, 0.717) is 47.3 Å². The summed E-state index contributed by atoms with van der Waals surface area (Å²) in [6.45, 7) is 6.81. The van der Waals surface area contributed by atoms with Gasteiger partial charge in [-0.05, 0) is 62.4 Å². The summed E-state index contributed by atoms with van der Waals surface area (Å²) >= 11 is 0. The maximum absolute atomic E-state index is 12.3. The van der Waals surface area contributed by atoms with Crippen molar-refractivity contribution in [3.05, 3.63) is 48.5 Å². The monoisotopic (exact) mass is 473 g/mol. The Labute approximate surface area is 202 Å². The minimum absolute atomic E-state index is 0.103. The molecular weight excluding hydrogens is 446 g/mol. The Bertz CT molecular complexity index is 1330. The molecule has 0 atom stereocenters. The number of benzene rings is 2. The quantitative estimate of drug-likeness (QED) is 0.375. The number of hydrogen-bond acceptors (Lipinski definition) is 8. The molecule has 1 aliphatic rings. The molecule has 35 heavy (non-hydrogen) atoms. The summed E-state index contributed by atoms with van der Waals surface area (Å²) in [5, 5.41) is 14.3. The van der Waals surface area contributed by atoms with E-state index in [1.165, 1.54) is 0 Å². The second-order valence-corrected chi connectivity index (χ2v) is 8.55. The number of ether oxygens (including phenoxy) is 1. The molecule has 180 valence electrons. The highest BCUT2D eigenvalue weighted by Gasteiger charge is 2.22. The standard InChI is InChI=1S/C24H27N9O2/c1-15(2)33-23-20(30-31-33)22(32-11-13-35-14-12-32)28-21(29-23)16-3-7-18(8-4-16)26-24(34)27-19-9-5-17(25)6-10-19/h3-10,15H,11-14,25H2,1-2H3,(H2,26,27,34). The zero-order valence-electron chi connectivity index (χ0n) is 19.6. The summed E-state index contributed by atoms with van der Waals surface area (Å²) in [6.07, 6.45) is 0. The van der Waals surface area contributed by atoms with Crippen LogP contribution in [-0.4, -0.2) is 57.3 Å². The van der Waals surface area contributed by atoms with Crippen molar-refractivity contribution in [2.24, 2.45) is 0 Å². The number of carbonyl (C=O) groups excluding carboxylic acids is 1. The van der Waals surface area contributed by atoms with Crippen LogP contribution >= 0.6 is 0 Å². The first-order valence-electron chi connectivity index (χ1n) is 11.5. The molecule has 1 aliphatic heterocycles. The van der Waals surface area contributed by atoms with Gasteiger partial charge in [0, 0.05) is 35.7 Å². The lowest BCUT2D eigenvalue weighted by atomic mass is 10.2. The number of fused-ring (bicyclic) bond motifs is 1. The molecule has 2 aromatic carbocycles. The molecule has 0 radical (unpaired) electrons. The van der Waals surface area contributed by atoms with Gasteiger partial charge in [-0.2, -0.15) is 0 Å². The average Bonchev–Trinajstić information content (AvgIpc) is 3.30. The molecule has 0 saturated carbocycles. The zero-order chi connectivity index (χ0) is 24.4. The highest BCUT2D eigenvalue weighted by Crippen LogP contribution is 2.28. The number of aromatic nitrogens is 5. The Morgan fingerprint density at radius 2 is 1.60 bits per heavy atom. The third-order valence-corrected chi connectivity index (χ3v) is 5.67. The van der Waals surface area contributed by atoms with Gasteiger partial charge in [-0.15, -0.1) is 5.10 Å². The van der Waals surface area contributed by atoms with Crippen molar-refractivity contribution in [1.82, 2.24) is 25.0 Å². The number of amides is 2. The fraction of sp³-hybridized carbons (Fsp3) is 0.292. The number of anilines is 4. The van der Waals surface area contributed by atoms with Crippen molar-refractivity contribution in [3.63, 3.8) is 0 Å². The van der Waals surface area contributed by atoms with E-state index in [1.54, 1.807) is 24.3 Å². The smallest absolute Gasteiger partial charge is 0.323 e. The van der Waals surface area contributed by atoms with Gasteiger partial charge in [-0.25, -0.2) is 19.4 Å². The van der Waals surface area contributed by atoms with E-state index in [-0.39, 0.29) is 12.1 Å². The van der Waals surface area contributed by atoms with Crippen LogP contribution < -0.4 is 21.3 Å². The normalized spacial score (nSPS) is 13.9. The summed E-state index contributed by atoms with van der Waals surface area (Å²) < 4.78 is 7.32. The number of morpholine rings is 1. The molecule has 4 N–H and O–H groups in total. The molecule has 11 nitrogen and oxygen atoms in total. The van der Waals surface area contributed by atoms with Crippen LogP contribution in [0.4, 0.5) is 27.7 Å². The van der Waals surface area contributed by atoms with Crippen molar-refractivity contribution >= 4 is 40.1 Å². The molecular formula is C24H27N9O2. The summed E-state index contributed by atoms with van der Waals surface area (Å²) in [5.41, 5.74) is 9.81. The van der Waals surface area contributed by atoms with Crippen molar-refractivity contribution in [3.8, 4) is 11.4 Å². The van der Waals surface area contributed by atoms with Crippen molar-refractivity contribution in [2.75, 3.05) is 47.6 Å². The van der Waals surface area contributed by atoms with Crippen molar-refractivity contribution < 1.29 is 9.53 Å². The Hall–Kier alpha value is -4.25. The maximum atomic E-state index is 12.3. The molecule has 0 aliphatic carbocycles. The number of nitrogens with zero attached hydrogens (tertiary/aromatic N) is 6. The van der Waals surface area contributed by atoms with E-state index in [2.05, 4.69) is 25.8 Å². The van der Waals surface area contributed by atoms with E-state index < -0.39 is 0 Å². The van der Waals surface area contributed by atoms with Crippen LogP contribution in [0, 0.1) is 0 Å². The third kappa shape index (κ3) is 4.85. The molecule has 0 bridgehead atoms. The summed E-state index contributed by atoms with van der Waals surface area (Å²) in [5.74, 6) is 1.33. The predicted octanol–water partition coefficient (Wildman–Crippen LogP) is 3.53. The molecule has 11 heteroatoms. The lowest BCUT2D eigenvalue weighted by molar-refractivity contribution is 0.122. The van der Waals surface area contributed by atoms with Crippen LogP contribution in [0.5, 0.6) is 0 Å². The van der Waals surface area contributed by atoms with Gasteiger partial charge in [0.1, 0.15) is 0 Å². The maximum Gasteiger partial charge on any atom is 0.323 e. The summed E-state index contributed by atoms with van der Waals surface area (Å²) in [7, 11) is 0. The topological polar surface area (TPSA) is 136 Å². The Kier molecular flexibility index (Phi) is 6.15. The second-order valence-electron chi connectivity index (χ2n) is 8.55. The van der Waals surface area contributed by atoms with Gasteiger partial charge in [0.05, 0.1) is 19.3 Å². The second kappa shape index (κ2) is 9.55. The Morgan fingerprint density at radius 3 is 2.23 bits per heavy atom. The number of urea groups is 1. The SMILES string of the molecule is CC(C)n1nnc2c(N3CCOCC3)nc(-c3ccc(NC(=O)Nc4ccc(N)cc4)cc3)nc21. The molecule has 3 heterocycles. The molecule has 0 unspecified atom stereocenters. The molecule has 5 rings (SSSR count). The van der Waals surface area contributed by atoms with Crippen LogP contribution in [0.25, 0.3) is 22.6 Å².